The normalized spacial score (nSPS) is 10.8. The highest BCUT2D eigenvalue weighted by Crippen LogP contribution is 2.17. The van der Waals surface area contributed by atoms with Crippen LogP contribution in [0.1, 0.15) is 27.3 Å². The second kappa shape index (κ2) is 7.48. The maximum absolute atomic E-state index is 12.3. The average molecular weight is 356 g/mol. The Kier molecular flexibility index (Phi) is 5.14. The van der Waals surface area contributed by atoms with Gasteiger partial charge in [-0.15, -0.1) is 11.3 Å². The smallest absolute Gasteiger partial charge is 0.272 e. The molecule has 3 rings (SSSR count). The van der Waals surface area contributed by atoms with Gasteiger partial charge in [0.25, 0.3) is 5.91 Å². The molecule has 0 unspecified atom stereocenters. The van der Waals surface area contributed by atoms with Crippen LogP contribution in [-0.2, 0) is 11.3 Å². The Hall–Kier alpha value is -2.67. The molecule has 0 aliphatic rings. The minimum atomic E-state index is -0.276. The molecular weight excluding hydrogens is 336 g/mol. The lowest BCUT2D eigenvalue weighted by Crippen LogP contribution is -2.32. The fourth-order valence-electron chi connectivity index (χ4n) is 2.56. The lowest BCUT2D eigenvalue weighted by Gasteiger charge is -2.17. The third-order valence-electron chi connectivity index (χ3n) is 4.08. The summed E-state index contributed by atoms with van der Waals surface area (Å²) in [5, 5.41) is 12.5. The van der Waals surface area contributed by atoms with Crippen LogP contribution in [-0.4, -0.2) is 40.5 Å². The average Bonchev–Trinajstić information content (AvgIpc) is 3.21. The summed E-state index contributed by atoms with van der Waals surface area (Å²) in [5.41, 5.74) is 2.36. The molecule has 2 amide bonds. The SMILES string of the molecule is Cc1ccsc1CN(C)C(=O)CCNC(=O)c1n[nH]c2ccccc12. The number of carbonyl (C=O) groups is 2. The number of nitrogens with one attached hydrogen (secondary N) is 2. The van der Waals surface area contributed by atoms with E-state index >= 15 is 0 Å². The number of amides is 2. The molecular formula is C18H20N4O2S. The Balaban J connectivity index is 1.51. The molecule has 2 heterocycles. The summed E-state index contributed by atoms with van der Waals surface area (Å²) in [6.07, 6.45) is 0.259. The summed E-state index contributed by atoms with van der Waals surface area (Å²) in [6.45, 7) is 2.92. The van der Waals surface area contributed by atoms with Gasteiger partial charge in [-0.1, -0.05) is 18.2 Å². The minimum absolute atomic E-state index is 0.0000131. The topological polar surface area (TPSA) is 78.1 Å². The van der Waals surface area contributed by atoms with Gasteiger partial charge in [-0.2, -0.15) is 5.10 Å². The molecule has 0 spiro atoms. The first-order valence-corrected chi connectivity index (χ1v) is 8.92. The second-order valence-electron chi connectivity index (χ2n) is 5.90. The highest BCUT2D eigenvalue weighted by Gasteiger charge is 2.15. The number of thiophene rings is 1. The zero-order valence-electron chi connectivity index (χ0n) is 14.2. The third kappa shape index (κ3) is 3.88. The predicted molar refractivity (Wildman–Crippen MR) is 98.6 cm³/mol. The van der Waals surface area contributed by atoms with E-state index in [0.717, 1.165) is 10.9 Å². The van der Waals surface area contributed by atoms with Crippen molar-refractivity contribution in [2.45, 2.75) is 19.9 Å². The second-order valence-corrected chi connectivity index (χ2v) is 6.90. The van der Waals surface area contributed by atoms with Crippen LogP contribution in [0.15, 0.2) is 35.7 Å². The summed E-state index contributed by atoms with van der Waals surface area (Å²) in [7, 11) is 1.78. The first-order chi connectivity index (χ1) is 12.1. The van der Waals surface area contributed by atoms with Crippen molar-refractivity contribution in [2.75, 3.05) is 13.6 Å². The third-order valence-corrected chi connectivity index (χ3v) is 5.09. The van der Waals surface area contributed by atoms with E-state index in [9.17, 15) is 9.59 Å². The van der Waals surface area contributed by atoms with Gasteiger partial charge in [0.15, 0.2) is 5.69 Å². The fraction of sp³-hybridized carbons (Fsp3) is 0.278. The Morgan fingerprint density at radius 2 is 2.08 bits per heavy atom. The number of aromatic nitrogens is 2. The molecule has 7 heteroatoms. The maximum atomic E-state index is 12.3. The van der Waals surface area contributed by atoms with Crippen LogP contribution in [0.3, 0.4) is 0 Å². The number of hydrogen-bond donors (Lipinski definition) is 2. The van der Waals surface area contributed by atoms with Crippen LogP contribution >= 0.6 is 11.3 Å². The summed E-state index contributed by atoms with van der Waals surface area (Å²) >= 11 is 1.65. The standard InChI is InChI=1S/C18H20N4O2S/c1-12-8-10-25-15(12)11-22(2)16(23)7-9-19-18(24)17-13-5-3-4-6-14(13)20-21-17/h3-6,8,10H,7,9,11H2,1-2H3,(H,19,24)(H,20,21). The van der Waals surface area contributed by atoms with Gasteiger partial charge in [0.1, 0.15) is 0 Å². The Labute approximate surface area is 149 Å². The van der Waals surface area contributed by atoms with Crippen molar-refractivity contribution in [2.24, 2.45) is 0 Å². The molecule has 130 valence electrons. The van der Waals surface area contributed by atoms with Crippen LogP contribution in [0.4, 0.5) is 0 Å². The number of nitrogens with zero attached hydrogens (tertiary/aromatic N) is 2. The molecule has 0 atom stereocenters. The Morgan fingerprint density at radius 3 is 2.84 bits per heavy atom. The molecule has 0 aliphatic heterocycles. The van der Waals surface area contributed by atoms with Crippen molar-refractivity contribution in [1.82, 2.24) is 20.4 Å². The number of para-hydroxylation sites is 1. The zero-order chi connectivity index (χ0) is 17.8. The van der Waals surface area contributed by atoms with Crippen molar-refractivity contribution < 1.29 is 9.59 Å². The zero-order valence-corrected chi connectivity index (χ0v) is 15.0. The van der Waals surface area contributed by atoms with E-state index in [1.54, 1.807) is 23.3 Å². The van der Waals surface area contributed by atoms with E-state index in [1.165, 1.54) is 10.4 Å². The van der Waals surface area contributed by atoms with Crippen LogP contribution in [0.5, 0.6) is 0 Å². The van der Waals surface area contributed by atoms with Crippen molar-refractivity contribution in [1.29, 1.82) is 0 Å². The largest absolute Gasteiger partial charge is 0.350 e. The molecule has 0 saturated carbocycles. The first-order valence-electron chi connectivity index (χ1n) is 8.04. The molecule has 25 heavy (non-hydrogen) atoms. The molecule has 2 N–H and O–H groups in total. The van der Waals surface area contributed by atoms with Crippen molar-refractivity contribution in [3.05, 3.63) is 51.8 Å². The summed E-state index contributed by atoms with van der Waals surface area (Å²) in [4.78, 5) is 27.3. The lowest BCUT2D eigenvalue weighted by molar-refractivity contribution is -0.130. The lowest BCUT2D eigenvalue weighted by atomic mass is 10.2. The summed E-state index contributed by atoms with van der Waals surface area (Å²) < 4.78 is 0. The van der Waals surface area contributed by atoms with Gasteiger partial charge in [0, 0.05) is 30.3 Å². The van der Waals surface area contributed by atoms with Crippen LogP contribution in [0.2, 0.25) is 0 Å². The molecule has 2 aromatic heterocycles. The predicted octanol–water partition coefficient (Wildman–Crippen LogP) is 2.71. The number of rotatable bonds is 6. The molecule has 6 nitrogen and oxygen atoms in total. The Bertz CT molecular complexity index is 899. The van der Waals surface area contributed by atoms with Crippen molar-refractivity contribution in [3.63, 3.8) is 0 Å². The number of hydrogen-bond acceptors (Lipinski definition) is 4. The number of carbonyl (C=O) groups excluding carboxylic acids is 2. The van der Waals surface area contributed by atoms with Gasteiger partial charge in [-0.25, -0.2) is 0 Å². The van der Waals surface area contributed by atoms with E-state index in [2.05, 4.69) is 15.5 Å². The monoisotopic (exact) mass is 356 g/mol. The summed E-state index contributed by atoms with van der Waals surface area (Å²) in [5.74, 6) is -0.276. The number of H-pyrrole nitrogens is 1. The highest BCUT2D eigenvalue weighted by molar-refractivity contribution is 7.10. The number of aryl methyl sites for hydroxylation is 1. The van der Waals surface area contributed by atoms with Gasteiger partial charge >= 0.3 is 0 Å². The first kappa shape index (κ1) is 17.2. The van der Waals surface area contributed by atoms with E-state index in [-0.39, 0.29) is 24.8 Å². The van der Waals surface area contributed by atoms with Gasteiger partial charge in [-0.3, -0.25) is 14.7 Å². The van der Waals surface area contributed by atoms with Gasteiger partial charge in [-0.05, 0) is 30.0 Å². The quantitative estimate of drug-likeness (QED) is 0.713. The van der Waals surface area contributed by atoms with Crippen LogP contribution in [0.25, 0.3) is 10.9 Å². The molecule has 0 radical (unpaired) electrons. The fourth-order valence-corrected chi connectivity index (χ4v) is 3.52. The molecule has 0 bridgehead atoms. The van der Waals surface area contributed by atoms with E-state index in [4.69, 9.17) is 0 Å². The van der Waals surface area contributed by atoms with Crippen LogP contribution < -0.4 is 5.32 Å². The molecule has 0 saturated heterocycles. The maximum Gasteiger partial charge on any atom is 0.272 e. The van der Waals surface area contributed by atoms with Gasteiger partial charge in [0.2, 0.25) is 5.91 Å². The van der Waals surface area contributed by atoms with E-state index in [0.29, 0.717) is 12.2 Å². The van der Waals surface area contributed by atoms with E-state index in [1.807, 2.05) is 42.6 Å². The highest BCUT2D eigenvalue weighted by atomic mass is 32.1. The minimum Gasteiger partial charge on any atom is -0.350 e. The van der Waals surface area contributed by atoms with Gasteiger partial charge in [0.05, 0.1) is 12.1 Å². The van der Waals surface area contributed by atoms with Crippen LogP contribution in [0, 0.1) is 6.92 Å². The number of benzene rings is 1. The number of fused-ring (bicyclic) bond motifs is 1. The Morgan fingerprint density at radius 1 is 1.28 bits per heavy atom. The van der Waals surface area contributed by atoms with E-state index < -0.39 is 0 Å². The van der Waals surface area contributed by atoms with Gasteiger partial charge < -0.3 is 10.2 Å². The van der Waals surface area contributed by atoms with Crippen molar-refractivity contribution >= 4 is 34.1 Å². The molecule has 0 fully saturated rings. The molecule has 0 aliphatic carbocycles. The molecule has 1 aromatic carbocycles. The molecule has 3 aromatic rings. The number of aromatic amines is 1. The summed E-state index contributed by atoms with van der Waals surface area (Å²) in [6, 6.07) is 9.50. The van der Waals surface area contributed by atoms with Crippen molar-refractivity contribution in [3.8, 4) is 0 Å².